The van der Waals surface area contributed by atoms with Crippen LogP contribution in [0.25, 0.3) is 22.4 Å². The summed E-state index contributed by atoms with van der Waals surface area (Å²) in [5.74, 6) is 2.04. The van der Waals surface area contributed by atoms with E-state index in [0.29, 0.717) is 12.1 Å². The van der Waals surface area contributed by atoms with Crippen LogP contribution in [-0.4, -0.2) is 33.6 Å². The van der Waals surface area contributed by atoms with Crippen molar-refractivity contribution in [2.45, 2.75) is 63.6 Å². The molecule has 6 rings (SSSR count). The highest BCUT2D eigenvalue weighted by Gasteiger charge is 2.25. The van der Waals surface area contributed by atoms with Crippen LogP contribution in [-0.2, 0) is 6.54 Å². The third-order valence-corrected chi connectivity index (χ3v) is 7.82. The summed E-state index contributed by atoms with van der Waals surface area (Å²) in [6.07, 6.45) is 8.92. The van der Waals surface area contributed by atoms with Gasteiger partial charge in [0.2, 0.25) is 0 Å². The molecule has 4 nitrogen and oxygen atoms in total. The number of rotatable bonds is 7. The number of para-hydroxylation sites is 2. The van der Waals surface area contributed by atoms with Gasteiger partial charge in [0.1, 0.15) is 18.2 Å². The van der Waals surface area contributed by atoms with Gasteiger partial charge in [-0.15, -0.1) is 0 Å². The number of benzene rings is 3. The fraction of sp³-hybridized carbons (Fsp3) is 0.387. The zero-order valence-electron chi connectivity index (χ0n) is 20.5. The van der Waals surface area contributed by atoms with Gasteiger partial charge < -0.3 is 9.30 Å². The van der Waals surface area contributed by atoms with Crippen molar-refractivity contribution in [3.8, 4) is 17.1 Å². The molecule has 4 aromatic rings. The van der Waals surface area contributed by atoms with E-state index >= 15 is 0 Å². The molecule has 180 valence electrons. The van der Waals surface area contributed by atoms with Crippen LogP contribution in [0, 0.1) is 0 Å². The Bertz CT molecular complexity index is 1240. The minimum atomic E-state index is 0.477. The van der Waals surface area contributed by atoms with E-state index in [-0.39, 0.29) is 0 Å². The highest BCUT2D eigenvalue weighted by Crippen LogP contribution is 2.36. The molecular formula is C31H35N3O. The first-order valence-corrected chi connectivity index (χ1v) is 13.3. The maximum atomic E-state index is 6.29. The Morgan fingerprint density at radius 1 is 0.771 bits per heavy atom. The Labute approximate surface area is 208 Å². The van der Waals surface area contributed by atoms with Crippen molar-refractivity contribution in [2.24, 2.45) is 0 Å². The van der Waals surface area contributed by atoms with E-state index in [2.05, 4.69) is 88.3 Å². The van der Waals surface area contributed by atoms with Crippen LogP contribution in [0.2, 0.25) is 0 Å². The van der Waals surface area contributed by atoms with Crippen LogP contribution >= 0.6 is 0 Å². The summed E-state index contributed by atoms with van der Waals surface area (Å²) in [7, 11) is 0. The van der Waals surface area contributed by atoms with E-state index in [9.17, 15) is 0 Å². The van der Waals surface area contributed by atoms with Crippen LogP contribution in [0.3, 0.4) is 0 Å². The number of ether oxygens (including phenoxy) is 1. The van der Waals surface area contributed by atoms with Gasteiger partial charge >= 0.3 is 0 Å². The molecule has 1 aliphatic carbocycles. The molecule has 1 aromatic heterocycles. The average Bonchev–Trinajstić information content (AvgIpc) is 3.53. The number of nitrogens with zero attached hydrogens (tertiary/aromatic N) is 3. The Hall–Kier alpha value is -3.11. The van der Waals surface area contributed by atoms with Crippen LogP contribution in [0.15, 0.2) is 78.9 Å². The monoisotopic (exact) mass is 465 g/mol. The van der Waals surface area contributed by atoms with Crippen molar-refractivity contribution < 1.29 is 4.74 Å². The quantitative estimate of drug-likeness (QED) is 0.288. The maximum Gasteiger partial charge on any atom is 0.141 e. The zero-order valence-corrected chi connectivity index (χ0v) is 20.5. The summed E-state index contributed by atoms with van der Waals surface area (Å²) in [5, 5.41) is 0. The molecule has 1 atom stereocenters. The van der Waals surface area contributed by atoms with Gasteiger partial charge in [-0.25, -0.2) is 4.98 Å². The number of aromatic nitrogens is 2. The van der Waals surface area contributed by atoms with E-state index < -0.39 is 0 Å². The molecule has 2 heterocycles. The van der Waals surface area contributed by atoms with E-state index in [0.717, 1.165) is 36.8 Å². The van der Waals surface area contributed by atoms with Crippen molar-refractivity contribution in [1.29, 1.82) is 0 Å². The lowest BCUT2D eigenvalue weighted by Crippen LogP contribution is -2.33. The molecule has 0 radical (unpaired) electrons. The second kappa shape index (κ2) is 10.2. The maximum absolute atomic E-state index is 6.29. The first-order valence-electron chi connectivity index (χ1n) is 13.3. The van der Waals surface area contributed by atoms with Crippen LogP contribution in [0.1, 0.15) is 56.6 Å². The fourth-order valence-electron chi connectivity index (χ4n) is 5.96. The third-order valence-electron chi connectivity index (χ3n) is 7.82. The van der Waals surface area contributed by atoms with E-state index in [1.807, 2.05) is 0 Å². The van der Waals surface area contributed by atoms with Gasteiger partial charge in [0.25, 0.3) is 0 Å². The van der Waals surface area contributed by atoms with Crippen molar-refractivity contribution in [1.82, 2.24) is 14.5 Å². The highest BCUT2D eigenvalue weighted by atomic mass is 16.5. The standard InChI is InChI=1S/C31H35N3O/c1-3-10-24(11-4-1)22-33-21-9-14-27(33)23-35-28-19-17-25(18-20-28)31-32-29-15-7-8-16-30(29)34(31)26-12-5-2-6-13-26/h1,3-4,7-8,10-11,15-20,26-27H,2,5-6,9,12-14,21-23H2/t27-/m0/s1. The Morgan fingerprint density at radius 2 is 1.54 bits per heavy atom. The first-order chi connectivity index (χ1) is 17.3. The molecule has 1 aliphatic heterocycles. The van der Waals surface area contributed by atoms with Crippen molar-refractivity contribution in [2.75, 3.05) is 13.2 Å². The smallest absolute Gasteiger partial charge is 0.141 e. The molecule has 0 bridgehead atoms. The topological polar surface area (TPSA) is 30.3 Å². The Balaban J connectivity index is 1.17. The van der Waals surface area contributed by atoms with Gasteiger partial charge in [-0.05, 0) is 74.2 Å². The van der Waals surface area contributed by atoms with Crippen LogP contribution in [0.4, 0.5) is 0 Å². The summed E-state index contributed by atoms with van der Waals surface area (Å²) >= 11 is 0. The summed E-state index contributed by atoms with van der Waals surface area (Å²) in [5.41, 5.74) is 4.90. The van der Waals surface area contributed by atoms with E-state index in [1.165, 1.54) is 61.6 Å². The molecule has 35 heavy (non-hydrogen) atoms. The van der Waals surface area contributed by atoms with Crippen LogP contribution in [0.5, 0.6) is 5.75 Å². The summed E-state index contributed by atoms with van der Waals surface area (Å²) in [6, 6.07) is 29.0. The second-order valence-electron chi connectivity index (χ2n) is 10.2. The van der Waals surface area contributed by atoms with Gasteiger partial charge in [-0.1, -0.05) is 61.7 Å². The lowest BCUT2D eigenvalue weighted by molar-refractivity contribution is 0.167. The minimum absolute atomic E-state index is 0.477. The lowest BCUT2D eigenvalue weighted by atomic mass is 9.95. The van der Waals surface area contributed by atoms with Gasteiger partial charge in [-0.2, -0.15) is 0 Å². The van der Waals surface area contributed by atoms with Crippen LogP contribution < -0.4 is 4.74 Å². The molecule has 1 saturated carbocycles. The molecule has 4 heteroatoms. The summed E-state index contributed by atoms with van der Waals surface area (Å²) in [6.45, 7) is 2.90. The van der Waals surface area contributed by atoms with Gasteiger partial charge in [0.05, 0.1) is 11.0 Å². The average molecular weight is 466 g/mol. The minimum Gasteiger partial charge on any atom is -0.492 e. The van der Waals surface area contributed by atoms with Crippen molar-refractivity contribution in [3.63, 3.8) is 0 Å². The molecule has 0 N–H and O–H groups in total. The number of hydrogen-bond acceptors (Lipinski definition) is 3. The number of hydrogen-bond donors (Lipinski definition) is 0. The SMILES string of the molecule is c1ccc(CN2CCC[C@H]2COc2ccc(-c3nc4ccccc4n3C3CCCCC3)cc2)cc1. The predicted molar refractivity (Wildman–Crippen MR) is 143 cm³/mol. The molecule has 0 unspecified atom stereocenters. The molecule has 0 amide bonds. The third kappa shape index (κ3) is 4.85. The highest BCUT2D eigenvalue weighted by molar-refractivity contribution is 5.81. The molecule has 2 fully saturated rings. The second-order valence-corrected chi connectivity index (χ2v) is 10.2. The van der Waals surface area contributed by atoms with E-state index in [1.54, 1.807) is 0 Å². The van der Waals surface area contributed by atoms with Crippen molar-refractivity contribution >= 4 is 11.0 Å². The number of likely N-dealkylation sites (tertiary alicyclic amines) is 1. The molecule has 3 aromatic carbocycles. The van der Waals surface area contributed by atoms with Gasteiger partial charge in [0, 0.05) is 24.2 Å². The fourth-order valence-corrected chi connectivity index (χ4v) is 5.96. The van der Waals surface area contributed by atoms with Gasteiger partial charge in [-0.3, -0.25) is 4.90 Å². The lowest BCUT2D eigenvalue weighted by Gasteiger charge is -2.26. The Kier molecular flexibility index (Phi) is 6.55. The van der Waals surface area contributed by atoms with Gasteiger partial charge in [0.15, 0.2) is 0 Å². The number of fused-ring (bicyclic) bond motifs is 1. The zero-order chi connectivity index (χ0) is 23.5. The molecule has 0 spiro atoms. The molecular weight excluding hydrogens is 430 g/mol. The Morgan fingerprint density at radius 3 is 2.37 bits per heavy atom. The largest absolute Gasteiger partial charge is 0.492 e. The molecule has 2 aliphatic rings. The summed E-state index contributed by atoms with van der Waals surface area (Å²) < 4.78 is 8.79. The normalized spacial score (nSPS) is 19.4. The first kappa shape index (κ1) is 22.4. The van der Waals surface area contributed by atoms with E-state index in [4.69, 9.17) is 9.72 Å². The van der Waals surface area contributed by atoms with Crippen molar-refractivity contribution in [3.05, 3.63) is 84.4 Å². The number of imidazole rings is 1. The summed E-state index contributed by atoms with van der Waals surface area (Å²) in [4.78, 5) is 7.63. The molecule has 1 saturated heterocycles. The predicted octanol–water partition coefficient (Wildman–Crippen LogP) is 7.25.